The van der Waals surface area contributed by atoms with Gasteiger partial charge in [-0.25, -0.2) is 0 Å². The molecule has 0 aliphatic heterocycles. The van der Waals surface area contributed by atoms with E-state index in [-0.39, 0.29) is 5.91 Å². The molecule has 0 unspecified atom stereocenters. The number of halogens is 1. The quantitative estimate of drug-likeness (QED) is 0.582. The van der Waals surface area contributed by atoms with Crippen LogP contribution in [0.15, 0.2) is 48.5 Å². The van der Waals surface area contributed by atoms with Crippen molar-refractivity contribution in [1.82, 2.24) is 0 Å². The summed E-state index contributed by atoms with van der Waals surface area (Å²) in [6.07, 6.45) is 2.15. The number of nitrogens with one attached hydrogen (secondary N) is 1. The molecule has 114 valence electrons. The van der Waals surface area contributed by atoms with Crippen LogP contribution in [-0.2, 0) is 12.8 Å². The van der Waals surface area contributed by atoms with Gasteiger partial charge in [0.05, 0.1) is 0 Å². The van der Waals surface area contributed by atoms with Gasteiger partial charge in [-0.05, 0) is 94.1 Å². The van der Waals surface area contributed by atoms with Gasteiger partial charge in [0.2, 0.25) is 0 Å². The van der Waals surface area contributed by atoms with Crippen molar-refractivity contribution < 1.29 is 4.79 Å². The van der Waals surface area contributed by atoms with Crippen molar-refractivity contribution in [2.45, 2.75) is 19.8 Å². The van der Waals surface area contributed by atoms with Crippen molar-refractivity contribution >= 4 is 45.0 Å². The predicted molar refractivity (Wildman–Crippen MR) is 103 cm³/mol. The lowest BCUT2D eigenvalue weighted by Crippen LogP contribution is -2.12. The number of hydrogen-bond donors (Lipinski definition) is 1. The predicted octanol–water partition coefficient (Wildman–Crippen LogP) is 5.10. The van der Waals surface area contributed by atoms with E-state index >= 15 is 0 Å². The largest absolute Gasteiger partial charge is 0.322 e. The number of anilines is 1. The smallest absolute Gasteiger partial charge is 0.256 e. The Hall–Kier alpha value is -1.88. The zero-order valence-electron chi connectivity index (χ0n) is 12.8. The van der Waals surface area contributed by atoms with Gasteiger partial charge >= 0.3 is 0 Å². The van der Waals surface area contributed by atoms with Crippen LogP contribution in [0.3, 0.4) is 0 Å². The number of benzene rings is 3. The summed E-state index contributed by atoms with van der Waals surface area (Å²) in [6.45, 7) is 2.05. The Morgan fingerprint density at radius 1 is 1.04 bits per heavy atom. The third-order valence-electron chi connectivity index (χ3n) is 4.54. The Morgan fingerprint density at radius 3 is 2.61 bits per heavy atom. The van der Waals surface area contributed by atoms with E-state index < -0.39 is 0 Å². The molecule has 1 aliphatic carbocycles. The molecule has 0 heterocycles. The topological polar surface area (TPSA) is 29.1 Å². The lowest BCUT2D eigenvalue weighted by atomic mass is 9.99. The van der Waals surface area contributed by atoms with Crippen molar-refractivity contribution in [2.24, 2.45) is 0 Å². The molecule has 2 nitrogen and oxygen atoms in total. The summed E-state index contributed by atoms with van der Waals surface area (Å²) in [5, 5.41) is 5.38. The van der Waals surface area contributed by atoms with E-state index in [1.165, 1.54) is 25.6 Å². The second-order valence-corrected chi connectivity index (χ2v) is 7.19. The maximum Gasteiger partial charge on any atom is 0.256 e. The Balaban J connectivity index is 1.74. The van der Waals surface area contributed by atoms with Crippen LogP contribution in [0.2, 0.25) is 0 Å². The van der Waals surface area contributed by atoms with Gasteiger partial charge in [0, 0.05) is 14.8 Å². The summed E-state index contributed by atoms with van der Waals surface area (Å²) in [6, 6.07) is 16.3. The molecular weight excluding hydrogens is 397 g/mol. The number of aryl methyl sites for hydroxylation is 3. The molecule has 0 bridgehead atoms. The first-order valence-corrected chi connectivity index (χ1v) is 8.82. The third-order valence-corrected chi connectivity index (χ3v) is 5.75. The molecule has 1 aliphatic rings. The molecule has 0 radical (unpaired) electrons. The minimum absolute atomic E-state index is 0.0405. The second kappa shape index (κ2) is 5.64. The summed E-state index contributed by atoms with van der Waals surface area (Å²) >= 11 is 2.30. The highest BCUT2D eigenvalue weighted by Crippen LogP contribution is 2.33. The molecule has 1 amide bonds. The van der Waals surface area contributed by atoms with Crippen molar-refractivity contribution in [3.63, 3.8) is 0 Å². The minimum atomic E-state index is -0.0405. The van der Waals surface area contributed by atoms with Gasteiger partial charge in [-0.2, -0.15) is 0 Å². The van der Waals surface area contributed by atoms with Gasteiger partial charge in [-0.15, -0.1) is 0 Å². The first-order chi connectivity index (χ1) is 11.1. The minimum Gasteiger partial charge on any atom is -0.322 e. The van der Waals surface area contributed by atoms with Crippen LogP contribution in [0.1, 0.15) is 27.0 Å². The molecule has 0 aromatic heterocycles. The molecule has 1 N–H and O–H groups in total. The van der Waals surface area contributed by atoms with Gasteiger partial charge < -0.3 is 5.32 Å². The molecule has 23 heavy (non-hydrogen) atoms. The Labute approximate surface area is 149 Å². The Kier molecular flexibility index (Phi) is 3.60. The highest BCUT2D eigenvalue weighted by molar-refractivity contribution is 14.1. The summed E-state index contributed by atoms with van der Waals surface area (Å²) in [4.78, 5) is 12.8. The fourth-order valence-corrected chi connectivity index (χ4v) is 3.70. The van der Waals surface area contributed by atoms with E-state index in [0.717, 1.165) is 29.5 Å². The van der Waals surface area contributed by atoms with Crippen LogP contribution in [-0.4, -0.2) is 5.91 Å². The van der Waals surface area contributed by atoms with Crippen molar-refractivity contribution in [2.75, 3.05) is 5.32 Å². The Morgan fingerprint density at radius 2 is 1.83 bits per heavy atom. The first-order valence-electron chi connectivity index (χ1n) is 7.74. The lowest BCUT2D eigenvalue weighted by Gasteiger charge is -2.11. The zero-order valence-corrected chi connectivity index (χ0v) is 15.0. The fourth-order valence-electron chi connectivity index (χ4n) is 3.37. The highest BCUT2D eigenvalue weighted by atomic mass is 127. The maximum atomic E-state index is 12.8. The number of carbonyl (C=O) groups excluding carboxylic acids is 1. The zero-order chi connectivity index (χ0) is 16.0. The fraction of sp³-hybridized carbons (Fsp3) is 0.150. The first kappa shape index (κ1) is 14.7. The van der Waals surface area contributed by atoms with Crippen LogP contribution < -0.4 is 5.32 Å². The van der Waals surface area contributed by atoms with Crippen molar-refractivity contribution in [3.05, 3.63) is 74.4 Å². The maximum absolute atomic E-state index is 12.8. The van der Waals surface area contributed by atoms with Gasteiger partial charge in [0.25, 0.3) is 5.91 Å². The average Bonchev–Trinajstić information content (AvgIpc) is 2.97. The van der Waals surface area contributed by atoms with E-state index in [1.807, 2.05) is 24.3 Å². The number of hydrogen-bond acceptors (Lipinski definition) is 1. The summed E-state index contributed by atoms with van der Waals surface area (Å²) < 4.78 is 1.20. The van der Waals surface area contributed by atoms with Crippen LogP contribution in [0.25, 0.3) is 10.8 Å². The summed E-state index contributed by atoms with van der Waals surface area (Å²) in [5.74, 6) is -0.0405. The second-order valence-electron chi connectivity index (χ2n) is 6.03. The van der Waals surface area contributed by atoms with E-state index in [1.54, 1.807) is 0 Å². The molecule has 0 saturated heterocycles. The van der Waals surface area contributed by atoms with Crippen LogP contribution in [0, 0.1) is 10.5 Å². The molecular formula is C20H16INO. The summed E-state index contributed by atoms with van der Waals surface area (Å²) in [7, 11) is 0. The number of rotatable bonds is 2. The lowest BCUT2D eigenvalue weighted by molar-refractivity contribution is 0.102. The number of carbonyl (C=O) groups is 1. The SMILES string of the molecule is Cc1cc(NC(=O)c2ccc3c4c(cccc24)CC3)ccc1I. The molecule has 3 heteroatoms. The van der Waals surface area contributed by atoms with Crippen molar-refractivity contribution in [1.29, 1.82) is 0 Å². The van der Waals surface area contributed by atoms with E-state index in [0.29, 0.717) is 0 Å². The molecule has 3 aromatic carbocycles. The average molecular weight is 413 g/mol. The van der Waals surface area contributed by atoms with Crippen LogP contribution in [0.4, 0.5) is 5.69 Å². The molecule has 0 atom stereocenters. The molecule has 0 saturated carbocycles. The molecule has 4 rings (SSSR count). The molecule has 0 fully saturated rings. The van der Waals surface area contributed by atoms with Gasteiger partial charge in [0.15, 0.2) is 0 Å². The monoisotopic (exact) mass is 413 g/mol. The normalized spacial score (nSPS) is 12.6. The van der Waals surface area contributed by atoms with Crippen molar-refractivity contribution in [3.8, 4) is 0 Å². The standard InChI is InChI=1S/C20H16INO/c1-12-11-15(8-10-18(12)21)22-20(23)17-9-7-14-6-5-13-3-2-4-16(17)19(13)14/h2-4,7-11H,5-6H2,1H3,(H,22,23). The summed E-state index contributed by atoms with van der Waals surface area (Å²) in [5.41, 5.74) is 5.48. The van der Waals surface area contributed by atoms with E-state index in [2.05, 4.69) is 59.1 Å². The van der Waals surface area contributed by atoms with E-state index in [4.69, 9.17) is 0 Å². The highest BCUT2D eigenvalue weighted by Gasteiger charge is 2.18. The van der Waals surface area contributed by atoms with Gasteiger partial charge in [-0.3, -0.25) is 4.79 Å². The van der Waals surface area contributed by atoms with Crippen LogP contribution >= 0.6 is 22.6 Å². The third kappa shape index (κ3) is 2.53. The van der Waals surface area contributed by atoms with E-state index in [9.17, 15) is 4.79 Å². The Bertz CT molecular complexity index is 936. The molecule has 0 spiro atoms. The molecule has 3 aromatic rings. The van der Waals surface area contributed by atoms with Gasteiger partial charge in [-0.1, -0.05) is 24.3 Å². The van der Waals surface area contributed by atoms with Gasteiger partial charge in [0.1, 0.15) is 0 Å². The number of amides is 1. The van der Waals surface area contributed by atoms with Crippen LogP contribution in [0.5, 0.6) is 0 Å².